The third-order valence-corrected chi connectivity index (χ3v) is 2.11. The molecule has 20 heavy (non-hydrogen) atoms. The molecular formula is C12H24N2O4S2. The molecular weight excluding hydrogens is 300 g/mol. The molecule has 0 unspecified atom stereocenters. The molecule has 0 spiro atoms. The molecule has 0 bridgehead atoms. The van der Waals surface area contributed by atoms with Gasteiger partial charge in [0.15, 0.2) is 0 Å². The van der Waals surface area contributed by atoms with E-state index in [0.717, 1.165) is 6.08 Å². The largest absolute Gasteiger partial charge is 0.472 e. The minimum Gasteiger partial charge on any atom is -0.472 e. The van der Waals surface area contributed by atoms with Crippen LogP contribution >= 0.6 is 24.4 Å². The molecule has 0 amide bonds. The highest BCUT2D eigenvalue weighted by molar-refractivity contribution is 7.80. The standard InChI is InChI=1S/C8H13NO3S.C3H7NOS.CH4/c1-4-7(10)11-12-8(13)9(5-2)6-3;1-2-5-3(4)6;/h4H,1,5-6H2,2-3H3;2H2,1H3,(H2,4,6);1H4. The normalized spacial score (nSPS) is 7.95. The van der Waals surface area contributed by atoms with Crippen LogP contribution in [0, 0.1) is 0 Å². The number of nitrogens with zero attached hydrogens (tertiary/aromatic N) is 1. The van der Waals surface area contributed by atoms with Crippen molar-refractivity contribution in [2.45, 2.75) is 28.2 Å². The number of hydrogen-bond donors (Lipinski definition) is 1. The van der Waals surface area contributed by atoms with Gasteiger partial charge in [0.1, 0.15) is 0 Å². The lowest BCUT2D eigenvalue weighted by Crippen LogP contribution is -2.31. The van der Waals surface area contributed by atoms with Gasteiger partial charge in [-0.25, -0.2) is 9.68 Å². The van der Waals surface area contributed by atoms with Crippen LogP contribution in [0.5, 0.6) is 0 Å². The SMILES string of the molecule is C.C=CC(=O)OOC(=S)N(CC)CC.CCOC(N)=S. The first-order valence-corrected chi connectivity index (χ1v) is 6.46. The van der Waals surface area contributed by atoms with Crippen molar-refractivity contribution in [3.63, 3.8) is 0 Å². The van der Waals surface area contributed by atoms with Crippen molar-refractivity contribution in [2.24, 2.45) is 5.73 Å². The Kier molecular flexibility index (Phi) is 18.5. The van der Waals surface area contributed by atoms with Crippen LogP contribution < -0.4 is 5.73 Å². The van der Waals surface area contributed by atoms with Crippen molar-refractivity contribution in [1.29, 1.82) is 0 Å². The van der Waals surface area contributed by atoms with Crippen LogP contribution in [0.25, 0.3) is 0 Å². The summed E-state index contributed by atoms with van der Waals surface area (Å²) in [6, 6.07) is 0. The minimum absolute atomic E-state index is 0. The van der Waals surface area contributed by atoms with Gasteiger partial charge in [-0.05, 0) is 45.2 Å². The second-order valence-corrected chi connectivity index (χ2v) is 3.63. The van der Waals surface area contributed by atoms with Gasteiger partial charge in [0.05, 0.1) is 6.61 Å². The minimum atomic E-state index is -0.658. The Balaban J connectivity index is -0.000000352. The molecule has 0 aromatic carbocycles. The van der Waals surface area contributed by atoms with Crippen molar-refractivity contribution in [1.82, 2.24) is 4.90 Å². The Labute approximate surface area is 131 Å². The van der Waals surface area contributed by atoms with Gasteiger partial charge in [-0.3, -0.25) is 4.89 Å². The average Bonchev–Trinajstić information content (AvgIpc) is 2.37. The molecule has 0 rings (SSSR count). The van der Waals surface area contributed by atoms with Gasteiger partial charge in [0, 0.05) is 19.2 Å². The summed E-state index contributed by atoms with van der Waals surface area (Å²) < 4.78 is 4.55. The van der Waals surface area contributed by atoms with Crippen LogP contribution in [0.15, 0.2) is 12.7 Å². The lowest BCUT2D eigenvalue weighted by molar-refractivity contribution is -0.219. The molecule has 0 heterocycles. The van der Waals surface area contributed by atoms with Crippen LogP contribution in [0.3, 0.4) is 0 Å². The Hall–Kier alpha value is -1.41. The molecule has 0 saturated heterocycles. The molecule has 118 valence electrons. The van der Waals surface area contributed by atoms with E-state index < -0.39 is 5.97 Å². The number of carbonyl (C=O) groups excluding carboxylic acids is 1. The van der Waals surface area contributed by atoms with Crippen LogP contribution in [-0.2, 0) is 19.3 Å². The van der Waals surface area contributed by atoms with E-state index in [1.54, 1.807) is 4.90 Å². The predicted molar refractivity (Wildman–Crippen MR) is 88.0 cm³/mol. The van der Waals surface area contributed by atoms with Crippen LogP contribution in [0.1, 0.15) is 28.2 Å². The van der Waals surface area contributed by atoms with Gasteiger partial charge in [-0.15, -0.1) is 0 Å². The van der Waals surface area contributed by atoms with E-state index in [2.05, 4.69) is 33.3 Å². The van der Waals surface area contributed by atoms with Gasteiger partial charge in [0.2, 0.25) is 0 Å². The van der Waals surface area contributed by atoms with E-state index in [1.165, 1.54) is 0 Å². The summed E-state index contributed by atoms with van der Waals surface area (Å²) in [7, 11) is 0. The van der Waals surface area contributed by atoms with Gasteiger partial charge in [-0.1, -0.05) is 14.0 Å². The third kappa shape index (κ3) is 14.7. The highest BCUT2D eigenvalue weighted by atomic mass is 32.1. The number of ether oxygens (including phenoxy) is 1. The second-order valence-electron chi connectivity index (χ2n) is 2.88. The molecule has 0 saturated carbocycles. The summed E-state index contributed by atoms with van der Waals surface area (Å²) >= 11 is 9.18. The summed E-state index contributed by atoms with van der Waals surface area (Å²) in [5.41, 5.74) is 4.91. The number of hydrogen-bond acceptors (Lipinski definition) is 6. The van der Waals surface area contributed by atoms with Crippen LogP contribution in [0.2, 0.25) is 0 Å². The van der Waals surface area contributed by atoms with Gasteiger partial charge in [0.25, 0.3) is 5.17 Å². The number of thiocarbonyl (C=S) groups is 2. The molecule has 0 fully saturated rings. The van der Waals surface area contributed by atoms with Gasteiger partial charge < -0.3 is 15.4 Å². The molecule has 0 aliphatic rings. The number of rotatable bonds is 4. The summed E-state index contributed by atoms with van der Waals surface area (Å²) in [5.74, 6) is -0.658. The average molecular weight is 324 g/mol. The van der Waals surface area contributed by atoms with Crippen molar-refractivity contribution >= 4 is 40.8 Å². The van der Waals surface area contributed by atoms with E-state index in [0.29, 0.717) is 19.7 Å². The molecule has 0 aromatic rings. The predicted octanol–water partition coefficient (Wildman–Crippen LogP) is 2.18. The monoisotopic (exact) mass is 324 g/mol. The van der Waals surface area contributed by atoms with Gasteiger partial charge >= 0.3 is 11.1 Å². The van der Waals surface area contributed by atoms with E-state index in [4.69, 9.17) is 18.0 Å². The zero-order valence-corrected chi connectivity index (χ0v) is 13.0. The smallest absolute Gasteiger partial charge is 0.378 e. The molecule has 8 heteroatoms. The van der Waals surface area contributed by atoms with Crippen LogP contribution in [-0.4, -0.2) is 40.9 Å². The number of carbonyl (C=O) groups is 1. The maximum Gasteiger partial charge on any atom is 0.378 e. The lowest BCUT2D eigenvalue weighted by Gasteiger charge is -2.18. The highest BCUT2D eigenvalue weighted by Crippen LogP contribution is 1.95. The fourth-order valence-corrected chi connectivity index (χ4v) is 1.20. The molecule has 0 radical (unpaired) electrons. The first kappa shape index (κ1) is 23.7. The van der Waals surface area contributed by atoms with Crippen molar-refractivity contribution < 1.29 is 19.3 Å². The fourth-order valence-electron chi connectivity index (χ4n) is 0.788. The topological polar surface area (TPSA) is 74.0 Å². The van der Waals surface area contributed by atoms with E-state index >= 15 is 0 Å². The Morgan fingerprint density at radius 1 is 1.25 bits per heavy atom. The molecule has 0 aliphatic heterocycles. The van der Waals surface area contributed by atoms with Crippen molar-refractivity contribution in [2.75, 3.05) is 19.7 Å². The maximum absolute atomic E-state index is 10.6. The highest BCUT2D eigenvalue weighted by Gasteiger charge is 2.08. The first-order valence-electron chi connectivity index (χ1n) is 5.64. The quantitative estimate of drug-likeness (QED) is 0.365. The third-order valence-electron chi connectivity index (χ3n) is 1.67. The van der Waals surface area contributed by atoms with E-state index in [1.807, 2.05) is 20.8 Å². The lowest BCUT2D eigenvalue weighted by atomic mass is 10.6. The molecule has 0 atom stereocenters. The van der Waals surface area contributed by atoms with E-state index in [9.17, 15) is 4.79 Å². The second kappa shape index (κ2) is 15.6. The zero-order chi connectivity index (χ0) is 15.3. The van der Waals surface area contributed by atoms with Gasteiger partial charge in [-0.2, -0.15) is 0 Å². The molecule has 0 aliphatic carbocycles. The fraction of sp³-hybridized carbons (Fsp3) is 0.583. The Morgan fingerprint density at radius 3 is 2.00 bits per heavy atom. The molecule has 0 aromatic heterocycles. The molecule has 6 nitrogen and oxygen atoms in total. The summed E-state index contributed by atoms with van der Waals surface area (Å²) in [5, 5.41) is 0.276. The maximum atomic E-state index is 10.6. The Bertz CT molecular complexity index is 308. The molecule has 2 N–H and O–H groups in total. The zero-order valence-electron chi connectivity index (χ0n) is 11.4. The van der Waals surface area contributed by atoms with Crippen molar-refractivity contribution in [3.8, 4) is 0 Å². The summed E-state index contributed by atoms with van der Waals surface area (Å²) in [6.45, 7) is 10.9. The summed E-state index contributed by atoms with van der Waals surface area (Å²) in [4.78, 5) is 21.2. The Morgan fingerprint density at radius 2 is 1.75 bits per heavy atom. The first-order chi connectivity index (χ1) is 8.92. The summed E-state index contributed by atoms with van der Waals surface area (Å²) in [6.07, 6.45) is 1.00. The van der Waals surface area contributed by atoms with E-state index in [-0.39, 0.29) is 17.8 Å². The van der Waals surface area contributed by atoms with Crippen LogP contribution in [0.4, 0.5) is 0 Å². The number of nitrogens with two attached hydrogens (primary N) is 1. The van der Waals surface area contributed by atoms with Crippen molar-refractivity contribution in [3.05, 3.63) is 12.7 Å².